The molecule has 0 saturated heterocycles. The monoisotopic (exact) mass is 275 g/mol. The van der Waals surface area contributed by atoms with E-state index in [4.69, 9.17) is 9.47 Å². The molecule has 0 fully saturated rings. The predicted molar refractivity (Wildman–Crippen MR) is 67.8 cm³/mol. The molecule has 0 aliphatic carbocycles. The van der Waals surface area contributed by atoms with Gasteiger partial charge in [-0.2, -0.15) is 8.78 Å². The second-order valence-electron chi connectivity index (χ2n) is 3.85. The molecule has 4 nitrogen and oxygen atoms in total. The van der Waals surface area contributed by atoms with Crippen molar-refractivity contribution in [1.29, 1.82) is 0 Å². The lowest BCUT2D eigenvalue weighted by atomic mass is 10.2. The zero-order valence-electron chi connectivity index (χ0n) is 11.1. The number of nitrogens with one attached hydrogen (secondary N) is 1. The molecule has 0 spiro atoms. The first-order valence-corrected chi connectivity index (χ1v) is 5.99. The average molecular weight is 275 g/mol. The molecule has 0 atom stereocenters. The fourth-order valence-electron chi connectivity index (χ4n) is 1.65. The zero-order chi connectivity index (χ0) is 14.1. The second-order valence-corrected chi connectivity index (χ2v) is 3.85. The van der Waals surface area contributed by atoms with Gasteiger partial charge < -0.3 is 19.5 Å². The molecule has 0 saturated carbocycles. The Morgan fingerprint density at radius 3 is 2.68 bits per heavy atom. The summed E-state index contributed by atoms with van der Waals surface area (Å²) < 4.78 is 39.3. The highest BCUT2D eigenvalue weighted by Crippen LogP contribution is 2.32. The normalized spacial score (nSPS) is 10.8. The molecular formula is C13H19F2NO3. The Labute approximate surface area is 111 Å². The van der Waals surface area contributed by atoms with Crippen molar-refractivity contribution in [2.24, 2.45) is 0 Å². The van der Waals surface area contributed by atoms with Gasteiger partial charge in [-0.15, -0.1) is 0 Å². The van der Waals surface area contributed by atoms with Crippen molar-refractivity contribution in [3.63, 3.8) is 0 Å². The van der Waals surface area contributed by atoms with Crippen LogP contribution in [0.25, 0.3) is 0 Å². The molecule has 0 unspecified atom stereocenters. The van der Waals surface area contributed by atoms with Gasteiger partial charge >= 0.3 is 6.61 Å². The number of halogens is 2. The van der Waals surface area contributed by atoms with Crippen LogP contribution in [0.15, 0.2) is 18.2 Å². The van der Waals surface area contributed by atoms with E-state index in [0.717, 1.165) is 13.0 Å². The number of benzene rings is 1. The summed E-state index contributed by atoms with van der Waals surface area (Å²) in [4.78, 5) is 0. The van der Waals surface area contributed by atoms with Gasteiger partial charge in [0.2, 0.25) is 0 Å². The smallest absolute Gasteiger partial charge is 0.387 e. The molecule has 6 heteroatoms. The van der Waals surface area contributed by atoms with Crippen LogP contribution in [0.1, 0.15) is 12.0 Å². The van der Waals surface area contributed by atoms with Gasteiger partial charge in [-0.05, 0) is 19.0 Å². The maximum atomic E-state index is 12.4. The van der Waals surface area contributed by atoms with Crippen LogP contribution in [-0.4, -0.2) is 34.0 Å². The maximum Gasteiger partial charge on any atom is 0.387 e. The molecule has 19 heavy (non-hydrogen) atoms. The molecule has 108 valence electrons. The summed E-state index contributed by atoms with van der Waals surface area (Å²) in [6.07, 6.45) is 0.853. The van der Waals surface area contributed by atoms with E-state index in [1.807, 2.05) is 0 Å². The minimum atomic E-state index is -2.87. The van der Waals surface area contributed by atoms with E-state index in [1.54, 1.807) is 25.3 Å². The van der Waals surface area contributed by atoms with Gasteiger partial charge in [0.25, 0.3) is 0 Å². The van der Waals surface area contributed by atoms with Gasteiger partial charge in [0.15, 0.2) is 11.5 Å². The molecule has 0 aromatic heterocycles. The van der Waals surface area contributed by atoms with Crippen molar-refractivity contribution < 1.29 is 23.0 Å². The SMILES string of the molecule is COCCCNCc1cccc(OC)c1OC(F)F. The van der Waals surface area contributed by atoms with Gasteiger partial charge in [0, 0.05) is 25.8 Å². The highest BCUT2D eigenvalue weighted by atomic mass is 19.3. The quantitative estimate of drug-likeness (QED) is 0.703. The summed E-state index contributed by atoms with van der Waals surface area (Å²) in [6.45, 7) is -1.04. The lowest BCUT2D eigenvalue weighted by molar-refractivity contribution is -0.0518. The van der Waals surface area contributed by atoms with Crippen molar-refractivity contribution in [2.75, 3.05) is 27.4 Å². The zero-order valence-corrected chi connectivity index (χ0v) is 11.1. The number of hydrogen-bond acceptors (Lipinski definition) is 4. The third-order valence-electron chi connectivity index (χ3n) is 2.50. The topological polar surface area (TPSA) is 39.7 Å². The van der Waals surface area contributed by atoms with Crippen LogP contribution in [-0.2, 0) is 11.3 Å². The Kier molecular flexibility index (Phi) is 7.14. The molecule has 0 aliphatic rings. The van der Waals surface area contributed by atoms with E-state index in [-0.39, 0.29) is 5.75 Å². The highest BCUT2D eigenvalue weighted by Gasteiger charge is 2.14. The summed E-state index contributed by atoms with van der Waals surface area (Å²) in [5.41, 5.74) is 0.636. The Balaban J connectivity index is 2.64. The Hall–Kier alpha value is -1.40. The third-order valence-corrected chi connectivity index (χ3v) is 2.50. The van der Waals surface area contributed by atoms with Crippen LogP contribution < -0.4 is 14.8 Å². The van der Waals surface area contributed by atoms with Gasteiger partial charge in [-0.3, -0.25) is 0 Å². The van der Waals surface area contributed by atoms with Crippen molar-refractivity contribution in [1.82, 2.24) is 5.32 Å². The fourth-order valence-corrected chi connectivity index (χ4v) is 1.65. The second kappa shape index (κ2) is 8.66. The van der Waals surface area contributed by atoms with Crippen molar-refractivity contribution in [3.8, 4) is 11.5 Å². The summed E-state index contributed by atoms with van der Waals surface area (Å²) in [5.74, 6) is 0.385. The number of rotatable bonds is 9. The van der Waals surface area contributed by atoms with Gasteiger partial charge in [-0.25, -0.2) is 0 Å². The van der Waals surface area contributed by atoms with Crippen LogP contribution >= 0.6 is 0 Å². The molecule has 0 aliphatic heterocycles. The molecule has 1 rings (SSSR count). The summed E-state index contributed by atoms with van der Waals surface area (Å²) in [5, 5.41) is 3.14. The first-order chi connectivity index (χ1) is 9.19. The van der Waals surface area contributed by atoms with Gasteiger partial charge in [0.05, 0.1) is 7.11 Å². The Morgan fingerprint density at radius 2 is 2.05 bits per heavy atom. The molecular weight excluding hydrogens is 256 g/mol. The minimum Gasteiger partial charge on any atom is -0.493 e. The van der Waals surface area contributed by atoms with Crippen LogP contribution in [0.4, 0.5) is 8.78 Å². The first-order valence-electron chi connectivity index (χ1n) is 5.99. The molecule has 0 amide bonds. The van der Waals surface area contributed by atoms with Crippen LogP contribution in [0.2, 0.25) is 0 Å². The molecule has 1 aromatic rings. The number of ether oxygens (including phenoxy) is 3. The van der Waals surface area contributed by atoms with Gasteiger partial charge in [0.1, 0.15) is 0 Å². The van der Waals surface area contributed by atoms with E-state index in [2.05, 4.69) is 10.1 Å². The number of para-hydroxylation sites is 1. The largest absolute Gasteiger partial charge is 0.493 e. The highest BCUT2D eigenvalue weighted by molar-refractivity contribution is 5.46. The lowest BCUT2D eigenvalue weighted by Gasteiger charge is -2.14. The van der Waals surface area contributed by atoms with E-state index in [9.17, 15) is 8.78 Å². The number of methoxy groups -OCH3 is 2. The average Bonchev–Trinajstić information content (AvgIpc) is 2.39. The van der Waals surface area contributed by atoms with Crippen LogP contribution in [0.5, 0.6) is 11.5 Å². The Bertz CT molecular complexity index is 375. The Morgan fingerprint density at radius 1 is 1.26 bits per heavy atom. The van der Waals surface area contributed by atoms with Crippen molar-refractivity contribution in [3.05, 3.63) is 23.8 Å². The third kappa shape index (κ3) is 5.40. The number of hydrogen-bond donors (Lipinski definition) is 1. The molecule has 0 bridgehead atoms. The summed E-state index contributed by atoms with van der Waals surface area (Å²) >= 11 is 0. The molecule has 0 radical (unpaired) electrons. The predicted octanol–water partition coefficient (Wildman–Crippen LogP) is 2.42. The van der Waals surface area contributed by atoms with Gasteiger partial charge in [-0.1, -0.05) is 12.1 Å². The molecule has 1 aromatic carbocycles. The van der Waals surface area contributed by atoms with E-state index in [1.165, 1.54) is 7.11 Å². The summed E-state index contributed by atoms with van der Waals surface area (Å²) in [6, 6.07) is 5.05. The van der Waals surface area contributed by atoms with E-state index < -0.39 is 6.61 Å². The molecule has 0 heterocycles. The number of alkyl halides is 2. The van der Waals surface area contributed by atoms with Crippen molar-refractivity contribution in [2.45, 2.75) is 19.6 Å². The maximum absolute atomic E-state index is 12.4. The lowest BCUT2D eigenvalue weighted by Crippen LogP contribution is -2.17. The van der Waals surface area contributed by atoms with E-state index in [0.29, 0.717) is 24.5 Å². The van der Waals surface area contributed by atoms with E-state index >= 15 is 0 Å². The molecule has 1 N–H and O–H groups in total. The van der Waals surface area contributed by atoms with Crippen LogP contribution in [0, 0.1) is 0 Å². The summed E-state index contributed by atoms with van der Waals surface area (Å²) in [7, 11) is 3.06. The van der Waals surface area contributed by atoms with Crippen LogP contribution in [0.3, 0.4) is 0 Å². The fraction of sp³-hybridized carbons (Fsp3) is 0.538. The first kappa shape index (κ1) is 15.7. The minimum absolute atomic E-state index is 0.0826. The standard InChI is InChI=1S/C13H19F2NO3/c1-17-8-4-7-16-9-10-5-3-6-11(18-2)12(10)19-13(14)15/h3,5-6,13,16H,4,7-9H2,1-2H3. The van der Waals surface area contributed by atoms with Crippen molar-refractivity contribution >= 4 is 0 Å².